The molecule has 1 saturated heterocycles. The highest BCUT2D eigenvalue weighted by atomic mass is 32.2. The number of hydrogen-bond donors (Lipinski definition) is 2. The summed E-state index contributed by atoms with van der Waals surface area (Å²) in [5.74, 6) is -0.436. The van der Waals surface area contributed by atoms with Gasteiger partial charge in [0.25, 0.3) is 0 Å². The molecule has 0 bridgehead atoms. The number of rotatable bonds is 5. The number of nitrogens with one attached hydrogen (secondary N) is 2. The predicted molar refractivity (Wildman–Crippen MR) is 99.2 cm³/mol. The second-order valence-corrected chi connectivity index (χ2v) is 6.73. The van der Waals surface area contributed by atoms with E-state index in [9.17, 15) is 14.0 Å². The molecule has 8 heteroatoms. The Morgan fingerprint density at radius 1 is 1.23 bits per heavy atom. The van der Waals surface area contributed by atoms with E-state index in [1.165, 1.54) is 29.2 Å². The van der Waals surface area contributed by atoms with Crippen LogP contribution in [0.25, 0.3) is 0 Å². The van der Waals surface area contributed by atoms with Crippen molar-refractivity contribution in [3.05, 3.63) is 54.3 Å². The molecule has 2 aromatic rings. The third-order valence-corrected chi connectivity index (χ3v) is 4.84. The topological polar surface area (TPSA) is 82.5 Å². The first kappa shape index (κ1) is 17.9. The second-order valence-electron chi connectivity index (χ2n) is 5.54. The predicted octanol–water partition coefficient (Wildman–Crippen LogP) is 3.25. The lowest BCUT2D eigenvalue weighted by molar-refractivity contribution is -0.121. The highest BCUT2D eigenvalue weighted by Gasteiger charge is 2.39. The van der Waals surface area contributed by atoms with E-state index in [-0.39, 0.29) is 23.4 Å². The number of carbonyl (C=O) groups is 2. The molecule has 3 rings (SSSR count). The van der Waals surface area contributed by atoms with E-state index in [0.717, 1.165) is 11.8 Å². The third-order valence-electron chi connectivity index (χ3n) is 3.78. The van der Waals surface area contributed by atoms with E-state index >= 15 is 0 Å². The van der Waals surface area contributed by atoms with Crippen molar-refractivity contribution in [1.82, 2.24) is 0 Å². The summed E-state index contributed by atoms with van der Waals surface area (Å²) in [5.41, 5.74) is 1.00. The van der Waals surface area contributed by atoms with Crippen molar-refractivity contribution < 1.29 is 18.7 Å². The Morgan fingerprint density at radius 3 is 2.50 bits per heavy atom. The summed E-state index contributed by atoms with van der Waals surface area (Å²) in [6.07, 6.45) is -0.0735. The van der Waals surface area contributed by atoms with Crippen LogP contribution in [-0.4, -0.2) is 29.3 Å². The highest BCUT2D eigenvalue weighted by Crippen LogP contribution is 2.33. The average Bonchev–Trinajstić information content (AvgIpc) is 2.90. The molecule has 26 heavy (non-hydrogen) atoms. The van der Waals surface area contributed by atoms with Crippen LogP contribution in [0.15, 0.2) is 48.5 Å². The molecule has 1 aliphatic heterocycles. The Bertz CT molecular complexity index is 840. The van der Waals surface area contributed by atoms with Gasteiger partial charge in [-0.2, -0.15) is 0 Å². The lowest BCUT2D eigenvalue weighted by atomic mass is 10.2. The van der Waals surface area contributed by atoms with Gasteiger partial charge in [0, 0.05) is 12.1 Å². The SMILES string of the molecule is COc1ccc(N2C(=N)S[C@@H](CC(=O)Nc3ccc(F)cc3)C2=O)cc1. The molecular formula is C18H16FN3O3S. The molecule has 0 aromatic heterocycles. The maximum atomic E-state index is 12.9. The summed E-state index contributed by atoms with van der Waals surface area (Å²) in [5, 5.41) is 10.1. The normalized spacial score (nSPS) is 16.7. The first-order valence-corrected chi connectivity index (χ1v) is 8.64. The minimum Gasteiger partial charge on any atom is -0.497 e. The summed E-state index contributed by atoms with van der Waals surface area (Å²) in [6, 6.07) is 12.2. The van der Waals surface area contributed by atoms with Crippen LogP contribution in [0.2, 0.25) is 0 Å². The zero-order chi connectivity index (χ0) is 18.7. The van der Waals surface area contributed by atoms with Crippen LogP contribution in [0, 0.1) is 11.2 Å². The van der Waals surface area contributed by atoms with Crippen molar-refractivity contribution in [2.45, 2.75) is 11.7 Å². The van der Waals surface area contributed by atoms with E-state index in [2.05, 4.69) is 5.32 Å². The monoisotopic (exact) mass is 373 g/mol. The van der Waals surface area contributed by atoms with Crippen molar-refractivity contribution in [2.75, 3.05) is 17.3 Å². The fourth-order valence-electron chi connectivity index (χ4n) is 2.50. The largest absolute Gasteiger partial charge is 0.497 e. The van der Waals surface area contributed by atoms with Crippen molar-refractivity contribution >= 4 is 40.1 Å². The third kappa shape index (κ3) is 3.85. The number of amides is 2. The number of carbonyl (C=O) groups excluding carboxylic acids is 2. The number of benzene rings is 2. The van der Waals surface area contributed by atoms with E-state index in [1.54, 1.807) is 31.4 Å². The number of ether oxygens (including phenoxy) is 1. The van der Waals surface area contributed by atoms with Gasteiger partial charge in [0.15, 0.2) is 5.17 Å². The van der Waals surface area contributed by atoms with Gasteiger partial charge >= 0.3 is 0 Å². The number of thioether (sulfide) groups is 1. The van der Waals surface area contributed by atoms with Gasteiger partial charge < -0.3 is 10.1 Å². The maximum Gasteiger partial charge on any atom is 0.247 e. The molecule has 1 fully saturated rings. The number of nitrogens with zero attached hydrogens (tertiary/aromatic N) is 1. The Kier molecular flexibility index (Phi) is 5.22. The van der Waals surface area contributed by atoms with E-state index in [0.29, 0.717) is 17.1 Å². The van der Waals surface area contributed by atoms with Crippen LogP contribution in [0.4, 0.5) is 15.8 Å². The first-order valence-electron chi connectivity index (χ1n) is 7.76. The smallest absolute Gasteiger partial charge is 0.247 e. The molecule has 134 valence electrons. The van der Waals surface area contributed by atoms with E-state index < -0.39 is 11.1 Å². The zero-order valence-electron chi connectivity index (χ0n) is 13.9. The van der Waals surface area contributed by atoms with Crippen LogP contribution < -0.4 is 15.0 Å². The molecule has 1 aliphatic rings. The molecule has 0 unspecified atom stereocenters. The Hall–Kier alpha value is -2.87. The number of anilines is 2. The molecule has 2 amide bonds. The quantitative estimate of drug-likeness (QED) is 0.843. The van der Waals surface area contributed by atoms with Gasteiger partial charge in [0.2, 0.25) is 11.8 Å². The molecule has 0 spiro atoms. The molecule has 6 nitrogen and oxygen atoms in total. The molecular weight excluding hydrogens is 357 g/mol. The first-order chi connectivity index (χ1) is 12.5. The number of halogens is 1. The zero-order valence-corrected chi connectivity index (χ0v) is 14.7. The van der Waals surface area contributed by atoms with Crippen molar-refractivity contribution in [1.29, 1.82) is 5.41 Å². The number of amidine groups is 1. The maximum absolute atomic E-state index is 12.9. The van der Waals surface area contributed by atoms with Crippen LogP contribution in [0.3, 0.4) is 0 Å². The summed E-state index contributed by atoms with van der Waals surface area (Å²) in [6.45, 7) is 0. The highest BCUT2D eigenvalue weighted by molar-refractivity contribution is 8.16. The Morgan fingerprint density at radius 2 is 1.88 bits per heavy atom. The second kappa shape index (κ2) is 7.57. The van der Waals surface area contributed by atoms with Gasteiger partial charge in [-0.3, -0.25) is 19.9 Å². The Labute approximate surface area is 153 Å². The van der Waals surface area contributed by atoms with E-state index in [4.69, 9.17) is 10.1 Å². The fraction of sp³-hybridized carbons (Fsp3) is 0.167. The summed E-state index contributed by atoms with van der Waals surface area (Å²) in [4.78, 5) is 26.0. The van der Waals surface area contributed by atoms with Gasteiger partial charge in [0.05, 0.1) is 12.8 Å². The molecule has 2 N–H and O–H groups in total. The molecule has 0 saturated carbocycles. The Balaban J connectivity index is 1.66. The summed E-state index contributed by atoms with van der Waals surface area (Å²) in [7, 11) is 1.55. The van der Waals surface area contributed by atoms with Crippen LogP contribution in [0.5, 0.6) is 5.75 Å². The van der Waals surface area contributed by atoms with Crippen molar-refractivity contribution in [3.8, 4) is 5.75 Å². The average molecular weight is 373 g/mol. The molecule has 2 aromatic carbocycles. The van der Waals surface area contributed by atoms with Crippen molar-refractivity contribution in [3.63, 3.8) is 0 Å². The molecule has 1 atom stereocenters. The van der Waals surface area contributed by atoms with Crippen LogP contribution in [0.1, 0.15) is 6.42 Å². The number of hydrogen-bond acceptors (Lipinski definition) is 5. The lowest BCUT2D eigenvalue weighted by Crippen LogP contribution is -2.33. The van der Waals surface area contributed by atoms with E-state index in [1.807, 2.05) is 0 Å². The van der Waals surface area contributed by atoms with Crippen molar-refractivity contribution in [2.24, 2.45) is 0 Å². The standard InChI is InChI=1S/C18H16FN3O3S/c1-25-14-8-6-13(7-9-14)22-17(24)15(26-18(22)20)10-16(23)21-12-4-2-11(19)3-5-12/h2-9,15,20H,10H2,1H3,(H,21,23)/t15-/m0/s1. The van der Waals surface area contributed by atoms with Gasteiger partial charge in [-0.25, -0.2) is 4.39 Å². The summed E-state index contributed by atoms with van der Waals surface area (Å²) < 4.78 is 18.0. The van der Waals surface area contributed by atoms with Gasteiger partial charge in [-0.1, -0.05) is 11.8 Å². The molecule has 1 heterocycles. The minimum absolute atomic E-state index is 0.0692. The lowest BCUT2D eigenvalue weighted by Gasteiger charge is -2.15. The van der Waals surface area contributed by atoms with Crippen LogP contribution >= 0.6 is 11.8 Å². The van der Waals surface area contributed by atoms with Crippen LogP contribution in [-0.2, 0) is 9.59 Å². The molecule has 0 radical (unpaired) electrons. The number of methoxy groups -OCH3 is 1. The minimum atomic E-state index is -0.676. The molecule has 0 aliphatic carbocycles. The van der Waals surface area contributed by atoms with Gasteiger partial charge in [-0.05, 0) is 48.5 Å². The van der Waals surface area contributed by atoms with Gasteiger partial charge in [-0.15, -0.1) is 0 Å². The fourth-order valence-corrected chi connectivity index (χ4v) is 3.51. The summed E-state index contributed by atoms with van der Waals surface area (Å²) >= 11 is 1.04. The van der Waals surface area contributed by atoms with Gasteiger partial charge in [0.1, 0.15) is 16.8 Å².